The molecule has 2 aromatic rings. The number of anilines is 1. The van der Waals surface area contributed by atoms with E-state index in [4.69, 9.17) is 16.6 Å². The number of likely N-dealkylation sites (tertiary alicyclic amines) is 1. The van der Waals surface area contributed by atoms with Crippen molar-refractivity contribution in [1.82, 2.24) is 10.2 Å². The van der Waals surface area contributed by atoms with Crippen LogP contribution in [-0.4, -0.2) is 42.3 Å². The average Bonchev–Trinajstić information content (AvgIpc) is 2.68. The Hall–Kier alpha value is -2.18. The van der Waals surface area contributed by atoms with Crippen molar-refractivity contribution >= 4 is 28.8 Å². The minimum atomic E-state index is -2.30. The number of piperidine rings is 1. The molecule has 4 rings (SSSR count). The molecular formula is C21H23ClF2N4. The molecule has 0 saturated carbocycles. The Labute approximate surface area is 168 Å². The number of hydrogen-bond donors (Lipinski definition) is 2. The standard InChI is InChI=1S/C21H23ClF2N4/c22-16-5-3-4-15(12-16)13-25-20-21(8-10-28(11-9-21)14-19(23)24)27-18-7-2-1-6-17(18)26-20/h1-7,12,19,27H,8-11,13-14H2,(H,25,26). The first kappa shape index (κ1) is 19.2. The van der Waals surface area contributed by atoms with Crippen LogP contribution in [0, 0.1) is 0 Å². The SMILES string of the molecule is FC(F)CN1CCC2(CC1)Nc1ccccc1N=C2NCc1cccc(Cl)c1. The number of amidine groups is 1. The van der Waals surface area contributed by atoms with Crippen LogP contribution in [0.1, 0.15) is 18.4 Å². The lowest BCUT2D eigenvalue weighted by atomic mass is 9.84. The molecule has 7 heteroatoms. The number of alkyl halides is 2. The Bertz CT molecular complexity index is 863. The van der Waals surface area contributed by atoms with Crippen LogP contribution in [0.5, 0.6) is 0 Å². The second kappa shape index (κ2) is 8.05. The van der Waals surface area contributed by atoms with Gasteiger partial charge in [-0.25, -0.2) is 13.8 Å². The number of para-hydroxylation sites is 2. The van der Waals surface area contributed by atoms with E-state index >= 15 is 0 Å². The summed E-state index contributed by atoms with van der Waals surface area (Å²) in [5.74, 6) is 0.864. The third-order valence-corrected chi connectivity index (χ3v) is 5.65. The number of nitrogens with one attached hydrogen (secondary N) is 2. The van der Waals surface area contributed by atoms with Crippen molar-refractivity contribution in [3.8, 4) is 0 Å². The second-order valence-corrected chi connectivity index (χ2v) is 7.80. The molecule has 4 nitrogen and oxygen atoms in total. The topological polar surface area (TPSA) is 39.7 Å². The van der Waals surface area contributed by atoms with Gasteiger partial charge in [-0.3, -0.25) is 4.90 Å². The van der Waals surface area contributed by atoms with Gasteiger partial charge in [0.25, 0.3) is 6.43 Å². The van der Waals surface area contributed by atoms with E-state index in [9.17, 15) is 8.78 Å². The first-order valence-corrected chi connectivity index (χ1v) is 9.87. The summed E-state index contributed by atoms with van der Waals surface area (Å²) < 4.78 is 25.5. The van der Waals surface area contributed by atoms with Crippen molar-refractivity contribution in [2.24, 2.45) is 4.99 Å². The van der Waals surface area contributed by atoms with Crippen molar-refractivity contribution in [2.75, 3.05) is 25.0 Å². The van der Waals surface area contributed by atoms with Crippen LogP contribution in [0.15, 0.2) is 53.5 Å². The van der Waals surface area contributed by atoms with Crippen molar-refractivity contribution < 1.29 is 8.78 Å². The van der Waals surface area contributed by atoms with Gasteiger partial charge < -0.3 is 10.6 Å². The zero-order valence-electron chi connectivity index (χ0n) is 15.5. The molecule has 2 aliphatic heterocycles. The fraction of sp³-hybridized carbons (Fsp3) is 0.381. The summed E-state index contributed by atoms with van der Waals surface area (Å²) in [6.45, 7) is 1.65. The largest absolute Gasteiger partial charge is 0.371 e. The molecule has 2 N–H and O–H groups in total. The van der Waals surface area contributed by atoms with Gasteiger partial charge in [-0.15, -0.1) is 0 Å². The molecule has 1 spiro atoms. The van der Waals surface area contributed by atoms with Gasteiger partial charge in [-0.2, -0.15) is 0 Å². The average molecular weight is 405 g/mol. The van der Waals surface area contributed by atoms with Crippen LogP contribution in [0.2, 0.25) is 5.02 Å². The highest BCUT2D eigenvalue weighted by molar-refractivity contribution is 6.30. The van der Waals surface area contributed by atoms with Gasteiger partial charge in [0.2, 0.25) is 0 Å². The molecule has 2 aliphatic rings. The van der Waals surface area contributed by atoms with Gasteiger partial charge >= 0.3 is 0 Å². The molecule has 0 aromatic heterocycles. The molecule has 0 unspecified atom stereocenters. The molecule has 2 heterocycles. The minimum absolute atomic E-state index is 0.172. The van der Waals surface area contributed by atoms with Crippen molar-refractivity contribution in [2.45, 2.75) is 31.4 Å². The van der Waals surface area contributed by atoms with E-state index in [1.165, 1.54) is 0 Å². The van der Waals surface area contributed by atoms with Gasteiger partial charge in [0.15, 0.2) is 0 Å². The van der Waals surface area contributed by atoms with Gasteiger partial charge in [-0.1, -0.05) is 35.9 Å². The summed E-state index contributed by atoms with van der Waals surface area (Å²) in [5, 5.41) is 7.83. The summed E-state index contributed by atoms with van der Waals surface area (Å²) >= 11 is 6.10. The molecule has 1 saturated heterocycles. The lowest BCUT2D eigenvalue weighted by Gasteiger charge is -2.45. The highest BCUT2D eigenvalue weighted by atomic mass is 35.5. The Kier molecular flexibility index (Phi) is 5.51. The second-order valence-electron chi connectivity index (χ2n) is 7.36. The zero-order valence-corrected chi connectivity index (χ0v) is 16.2. The Morgan fingerprint density at radius 2 is 1.93 bits per heavy atom. The first-order chi connectivity index (χ1) is 13.5. The predicted octanol–water partition coefficient (Wildman–Crippen LogP) is 4.69. The molecule has 2 aromatic carbocycles. The highest BCUT2D eigenvalue weighted by Gasteiger charge is 2.42. The van der Waals surface area contributed by atoms with Crippen LogP contribution >= 0.6 is 11.6 Å². The van der Waals surface area contributed by atoms with E-state index < -0.39 is 6.43 Å². The van der Waals surface area contributed by atoms with E-state index in [0.29, 0.717) is 24.7 Å². The zero-order chi connectivity index (χ0) is 19.6. The molecule has 28 heavy (non-hydrogen) atoms. The van der Waals surface area contributed by atoms with E-state index in [-0.39, 0.29) is 12.1 Å². The number of nitrogens with zero attached hydrogens (tertiary/aromatic N) is 2. The summed E-state index contributed by atoms with van der Waals surface area (Å²) in [7, 11) is 0. The molecule has 1 fully saturated rings. The van der Waals surface area contributed by atoms with Crippen LogP contribution in [0.4, 0.5) is 20.2 Å². The van der Waals surface area contributed by atoms with Gasteiger partial charge in [0, 0.05) is 24.7 Å². The predicted molar refractivity (Wildman–Crippen MR) is 110 cm³/mol. The normalized spacial score (nSPS) is 18.5. The van der Waals surface area contributed by atoms with Gasteiger partial charge in [0.1, 0.15) is 5.84 Å². The van der Waals surface area contributed by atoms with E-state index in [1.807, 2.05) is 53.4 Å². The van der Waals surface area contributed by atoms with Crippen molar-refractivity contribution in [3.63, 3.8) is 0 Å². The molecular weight excluding hydrogens is 382 g/mol. The lowest BCUT2D eigenvalue weighted by Crippen LogP contribution is -2.59. The van der Waals surface area contributed by atoms with E-state index in [1.54, 1.807) is 0 Å². The van der Waals surface area contributed by atoms with Crippen molar-refractivity contribution in [1.29, 1.82) is 0 Å². The summed E-state index contributed by atoms with van der Waals surface area (Å²) in [6.07, 6.45) is -0.867. The fourth-order valence-corrected chi connectivity index (χ4v) is 4.15. The van der Waals surface area contributed by atoms with Crippen LogP contribution in [-0.2, 0) is 6.54 Å². The van der Waals surface area contributed by atoms with Crippen LogP contribution in [0.25, 0.3) is 0 Å². The highest BCUT2D eigenvalue weighted by Crippen LogP contribution is 2.38. The quantitative estimate of drug-likeness (QED) is 0.776. The van der Waals surface area contributed by atoms with Gasteiger partial charge in [-0.05, 0) is 42.7 Å². The molecule has 0 radical (unpaired) electrons. The number of rotatable bonds is 4. The molecule has 0 aliphatic carbocycles. The minimum Gasteiger partial charge on any atom is -0.371 e. The maximum absolute atomic E-state index is 12.8. The smallest absolute Gasteiger partial charge is 0.251 e. The molecule has 148 valence electrons. The summed E-state index contributed by atoms with van der Waals surface area (Å²) in [4.78, 5) is 6.72. The Morgan fingerprint density at radius 1 is 1.14 bits per heavy atom. The van der Waals surface area contributed by atoms with Crippen LogP contribution < -0.4 is 10.6 Å². The Balaban J connectivity index is 1.56. The maximum Gasteiger partial charge on any atom is 0.251 e. The molecule has 0 bridgehead atoms. The molecule has 0 amide bonds. The Morgan fingerprint density at radius 3 is 2.68 bits per heavy atom. The van der Waals surface area contributed by atoms with Crippen molar-refractivity contribution in [3.05, 3.63) is 59.1 Å². The summed E-state index contributed by atoms with van der Waals surface area (Å²) in [6, 6.07) is 15.6. The third kappa shape index (κ3) is 4.13. The van der Waals surface area contributed by atoms with E-state index in [0.717, 1.165) is 35.6 Å². The fourth-order valence-electron chi connectivity index (χ4n) is 3.94. The van der Waals surface area contributed by atoms with Gasteiger partial charge in [0.05, 0.1) is 23.5 Å². The lowest BCUT2D eigenvalue weighted by molar-refractivity contribution is 0.0728. The first-order valence-electron chi connectivity index (χ1n) is 9.49. The monoisotopic (exact) mass is 404 g/mol. The number of hydrogen-bond acceptors (Lipinski definition) is 4. The van der Waals surface area contributed by atoms with E-state index in [2.05, 4.69) is 10.6 Å². The summed E-state index contributed by atoms with van der Waals surface area (Å²) in [5.41, 5.74) is 2.57. The number of halogens is 3. The third-order valence-electron chi connectivity index (χ3n) is 5.42. The number of fused-ring (bicyclic) bond motifs is 1. The maximum atomic E-state index is 12.8. The molecule has 0 atom stereocenters. The van der Waals surface area contributed by atoms with Crippen LogP contribution in [0.3, 0.4) is 0 Å². The number of aliphatic imine (C=N–C) groups is 1. The number of benzene rings is 2.